The standard InChI is InChI=1S/C21H27IOSi/c1-17(18(2)22)16-23-24(21(3,4)5,19-12-8-6-9-13-19)20-14-10-7-11-15-20/h6-15,17H,2,16H2,1,3-5H3/t17-/m1/s1. The van der Waals surface area contributed by atoms with Crippen molar-refractivity contribution in [3.8, 4) is 0 Å². The van der Waals surface area contributed by atoms with E-state index in [0.29, 0.717) is 12.5 Å². The summed E-state index contributed by atoms with van der Waals surface area (Å²) in [6.45, 7) is 13.9. The van der Waals surface area contributed by atoms with Crippen LogP contribution in [0.2, 0.25) is 5.04 Å². The molecular formula is C21H27IOSi. The van der Waals surface area contributed by atoms with Crippen molar-refractivity contribution in [3.63, 3.8) is 0 Å². The molecular weight excluding hydrogens is 423 g/mol. The molecule has 2 aromatic carbocycles. The van der Waals surface area contributed by atoms with Crippen molar-refractivity contribution in [3.05, 3.63) is 70.8 Å². The molecule has 0 unspecified atom stereocenters. The molecule has 1 atom stereocenters. The topological polar surface area (TPSA) is 9.23 Å². The van der Waals surface area contributed by atoms with Crippen LogP contribution in [-0.4, -0.2) is 14.9 Å². The van der Waals surface area contributed by atoms with Gasteiger partial charge >= 0.3 is 0 Å². The molecule has 0 fully saturated rings. The van der Waals surface area contributed by atoms with E-state index in [2.05, 4.69) is 118 Å². The van der Waals surface area contributed by atoms with Gasteiger partial charge in [-0.25, -0.2) is 0 Å². The Kier molecular flexibility index (Phi) is 6.45. The molecule has 0 amide bonds. The van der Waals surface area contributed by atoms with Gasteiger partial charge < -0.3 is 4.43 Å². The summed E-state index contributed by atoms with van der Waals surface area (Å²) in [6, 6.07) is 21.6. The van der Waals surface area contributed by atoms with Crippen molar-refractivity contribution in [2.24, 2.45) is 5.92 Å². The predicted octanol–water partition coefficient (Wildman–Crippen LogP) is 5.15. The van der Waals surface area contributed by atoms with E-state index in [0.717, 1.165) is 3.58 Å². The first-order valence-corrected chi connectivity index (χ1v) is 11.4. The number of hydrogen-bond acceptors (Lipinski definition) is 1. The van der Waals surface area contributed by atoms with Crippen molar-refractivity contribution >= 4 is 41.3 Å². The summed E-state index contributed by atoms with van der Waals surface area (Å²) in [6.07, 6.45) is 0. The number of hydrogen-bond donors (Lipinski definition) is 0. The van der Waals surface area contributed by atoms with Crippen LogP contribution in [-0.2, 0) is 4.43 Å². The molecule has 0 bridgehead atoms. The minimum Gasteiger partial charge on any atom is -0.407 e. The maximum Gasteiger partial charge on any atom is 0.261 e. The molecule has 0 spiro atoms. The van der Waals surface area contributed by atoms with Crippen molar-refractivity contribution in [1.82, 2.24) is 0 Å². The Bertz CT molecular complexity index is 622. The van der Waals surface area contributed by atoms with Gasteiger partial charge in [0, 0.05) is 12.5 Å². The Morgan fingerprint density at radius 3 is 1.75 bits per heavy atom. The van der Waals surface area contributed by atoms with E-state index in [1.165, 1.54) is 10.4 Å². The van der Waals surface area contributed by atoms with E-state index in [1.54, 1.807) is 0 Å². The summed E-state index contributed by atoms with van der Waals surface area (Å²) in [4.78, 5) is 0. The first-order chi connectivity index (χ1) is 11.3. The Morgan fingerprint density at radius 2 is 1.42 bits per heavy atom. The van der Waals surface area contributed by atoms with E-state index < -0.39 is 8.32 Å². The lowest BCUT2D eigenvalue weighted by atomic mass is 10.2. The van der Waals surface area contributed by atoms with Crippen LogP contribution in [0.25, 0.3) is 0 Å². The third-order valence-corrected chi connectivity index (χ3v) is 10.6. The lowest BCUT2D eigenvalue weighted by Crippen LogP contribution is -2.66. The van der Waals surface area contributed by atoms with Crippen LogP contribution in [0.5, 0.6) is 0 Å². The molecule has 0 aromatic heterocycles. The molecule has 128 valence electrons. The summed E-state index contributed by atoms with van der Waals surface area (Å²) >= 11 is 2.31. The molecule has 3 heteroatoms. The number of benzene rings is 2. The van der Waals surface area contributed by atoms with E-state index in [1.807, 2.05) is 0 Å². The average Bonchev–Trinajstić information content (AvgIpc) is 2.56. The highest BCUT2D eigenvalue weighted by Crippen LogP contribution is 2.37. The third-order valence-electron chi connectivity index (χ3n) is 4.50. The fourth-order valence-electron chi connectivity index (χ4n) is 3.10. The Hall–Kier alpha value is -0.913. The second-order valence-corrected chi connectivity index (χ2v) is 13.0. The van der Waals surface area contributed by atoms with Crippen molar-refractivity contribution in [1.29, 1.82) is 0 Å². The molecule has 2 rings (SSSR count). The summed E-state index contributed by atoms with van der Waals surface area (Å²) in [5.74, 6) is 0.340. The molecule has 2 aromatic rings. The SMILES string of the molecule is C=C(I)[C@H](C)CO[Si](c1ccccc1)(c1ccccc1)C(C)(C)C. The third kappa shape index (κ3) is 4.01. The van der Waals surface area contributed by atoms with Gasteiger partial charge in [0.2, 0.25) is 0 Å². The van der Waals surface area contributed by atoms with Gasteiger partial charge in [0.15, 0.2) is 0 Å². The molecule has 0 radical (unpaired) electrons. The summed E-state index contributed by atoms with van der Waals surface area (Å²) in [5.41, 5.74) is 0. The van der Waals surface area contributed by atoms with E-state index in [4.69, 9.17) is 4.43 Å². The van der Waals surface area contributed by atoms with Gasteiger partial charge in [-0.05, 0) is 41.6 Å². The van der Waals surface area contributed by atoms with E-state index in [9.17, 15) is 0 Å². The van der Waals surface area contributed by atoms with Gasteiger partial charge in [0.05, 0.1) is 0 Å². The van der Waals surface area contributed by atoms with Crippen LogP contribution in [0.1, 0.15) is 27.7 Å². The number of rotatable bonds is 6. The second-order valence-electron chi connectivity index (χ2n) is 7.32. The van der Waals surface area contributed by atoms with Gasteiger partial charge in [-0.15, -0.1) is 0 Å². The summed E-state index contributed by atoms with van der Waals surface area (Å²) < 4.78 is 8.01. The number of halogens is 1. The monoisotopic (exact) mass is 450 g/mol. The van der Waals surface area contributed by atoms with Crippen LogP contribution in [0.15, 0.2) is 70.8 Å². The fraction of sp³-hybridized carbons (Fsp3) is 0.333. The van der Waals surface area contributed by atoms with Crippen LogP contribution in [0, 0.1) is 5.92 Å². The molecule has 0 aliphatic heterocycles. The van der Waals surface area contributed by atoms with E-state index in [-0.39, 0.29) is 5.04 Å². The highest BCUT2D eigenvalue weighted by atomic mass is 127. The van der Waals surface area contributed by atoms with Gasteiger partial charge in [0.1, 0.15) is 0 Å². The molecule has 1 nitrogen and oxygen atoms in total. The smallest absolute Gasteiger partial charge is 0.261 e. The molecule has 0 aliphatic rings. The fourth-order valence-corrected chi connectivity index (χ4v) is 7.94. The molecule has 0 saturated heterocycles. The minimum atomic E-state index is -2.40. The Morgan fingerprint density at radius 1 is 1.00 bits per heavy atom. The van der Waals surface area contributed by atoms with Gasteiger partial charge in [-0.1, -0.05) is 94.9 Å². The van der Waals surface area contributed by atoms with Crippen molar-refractivity contribution in [2.45, 2.75) is 32.7 Å². The summed E-state index contributed by atoms with van der Waals surface area (Å²) in [5, 5.41) is 2.69. The van der Waals surface area contributed by atoms with Gasteiger partial charge in [-0.3, -0.25) is 0 Å². The molecule has 0 saturated carbocycles. The zero-order valence-corrected chi connectivity index (χ0v) is 18.2. The zero-order valence-electron chi connectivity index (χ0n) is 15.1. The van der Waals surface area contributed by atoms with Crippen LogP contribution in [0.3, 0.4) is 0 Å². The highest BCUT2D eigenvalue weighted by molar-refractivity contribution is 14.1. The maximum atomic E-state index is 6.86. The molecule has 24 heavy (non-hydrogen) atoms. The van der Waals surface area contributed by atoms with Gasteiger partial charge in [-0.2, -0.15) is 0 Å². The Labute approximate surface area is 161 Å². The molecule has 0 heterocycles. The lowest BCUT2D eigenvalue weighted by Gasteiger charge is -2.43. The normalized spacial score (nSPS) is 13.5. The van der Waals surface area contributed by atoms with Crippen LogP contribution < -0.4 is 10.4 Å². The largest absolute Gasteiger partial charge is 0.407 e. The highest BCUT2D eigenvalue weighted by Gasteiger charge is 2.50. The average molecular weight is 450 g/mol. The molecule has 0 aliphatic carbocycles. The lowest BCUT2D eigenvalue weighted by molar-refractivity contribution is 0.267. The predicted molar refractivity (Wildman–Crippen MR) is 116 cm³/mol. The second kappa shape index (κ2) is 7.98. The summed E-state index contributed by atoms with van der Waals surface area (Å²) in [7, 11) is -2.40. The van der Waals surface area contributed by atoms with Crippen molar-refractivity contribution in [2.75, 3.05) is 6.61 Å². The molecule has 0 N–H and O–H groups in total. The van der Waals surface area contributed by atoms with Crippen molar-refractivity contribution < 1.29 is 4.43 Å². The maximum absolute atomic E-state index is 6.86. The van der Waals surface area contributed by atoms with Crippen LogP contribution >= 0.6 is 22.6 Å². The first kappa shape index (κ1) is 19.4. The first-order valence-electron chi connectivity index (χ1n) is 8.38. The van der Waals surface area contributed by atoms with E-state index >= 15 is 0 Å². The zero-order chi connectivity index (χ0) is 17.8. The van der Waals surface area contributed by atoms with Gasteiger partial charge in [0.25, 0.3) is 8.32 Å². The Balaban J connectivity index is 2.59. The van der Waals surface area contributed by atoms with Crippen LogP contribution in [0.4, 0.5) is 0 Å². The minimum absolute atomic E-state index is 0.0298. The quantitative estimate of drug-likeness (QED) is 0.437.